The molecule has 1 heterocycles. The molecule has 0 radical (unpaired) electrons. The van der Waals surface area contributed by atoms with Crippen LogP contribution in [0.3, 0.4) is 0 Å². The summed E-state index contributed by atoms with van der Waals surface area (Å²) in [6.07, 6.45) is 15.0. The predicted octanol–water partition coefficient (Wildman–Crippen LogP) is 5.01. The Balaban J connectivity index is 0.000000477. The minimum absolute atomic E-state index is 0.0209. The molecule has 1 aliphatic heterocycles. The Labute approximate surface area is 242 Å². The molecule has 1 aromatic carbocycles. The highest BCUT2D eigenvalue weighted by Gasteiger charge is 2.18. The van der Waals surface area contributed by atoms with Gasteiger partial charge >= 0.3 is 6.09 Å². The third-order valence-electron chi connectivity index (χ3n) is 6.23. The molecule has 1 atom stereocenters. The summed E-state index contributed by atoms with van der Waals surface area (Å²) in [6, 6.07) is 6.38. The van der Waals surface area contributed by atoms with Crippen molar-refractivity contribution >= 4 is 18.0 Å². The van der Waals surface area contributed by atoms with E-state index in [1.807, 2.05) is 51.8 Å². The van der Waals surface area contributed by atoms with Crippen molar-refractivity contribution in [3.63, 3.8) is 0 Å². The molecular formula is C32H52N6O2. The van der Waals surface area contributed by atoms with Crippen molar-refractivity contribution in [1.29, 1.82) is 0 Å². The maximum Gasteiger partial charge on any atom is 0.410 e. The minimum atomic E-state index is -0.219. The smallest absolute Gasteiger partial charge is 0.410 e. The van der Waals surface area contributed by atoms with Gasteiger partial charge < -0.3 is 31.3 Å². The number of allylic oxidation sites excluding steroid dienone is 4. The van der Waals surface area contributed by atoms with Crippen molar-refractivity contribution in [3.8, 4) is 0 Å². The fourth-order valence-electron chi connectivity index (χ4n) is 4.00. The lowest BCUT2D eigenvalue weighted by molar-refractivity contribution is 0.0732. The quantitative estimate of drug-likeness (QED) is 0.324. The highest BCUT2D eigenvalue weighted by molar-refractivity contribution is 5.77. The zero-order valence-electron chi connectivity index (χ0n) is 25.7. The average Bonchev–Trinajstić information content (AvgIpc) is 3.14. The Bertz CT molecular complexity index is 1040. The Morgan fingerprint density at radius 1 is 1.23 bits per heavy atom. The molecule has 0 saturated carbocycles. The molecule has 3 rings (SSSR count). The maximum absolute atomic E-state index is 11.3. The number of aryl methyl sites for hydroxylation is 2. The van der Waals surface area contributed by atoms with Crippen molar-refractivity contribution < 1.29 is 9.53 Å². The van der Waals surface area contributed by atoms with Crippen LogP contribution in [0.25, 0.3) is 5.57 Å². The molecule has 1 fully saturated rings. The van der Waals surface area contributed by atoms with Gasteiger partial charge in [-0.15, -0.1) is 0 Å². The number of ether oxygens (including phenoxy) is 1. The fraction of sp³-hybridized carbons (Fsp3) is 0.500. The van der Waals surface area contributed by atoms with Crippen LogP contribution >= 0.6 is 0 Å². The third kappa shape index (κ3) is 12.7. The van der Waals surface area contributed by atoms with Crippen LogP contribution in [0.2, 0.25) is 0 Å². The summed E-state index contributed by atoms with van der Waals surface area (Å²) in [6.45, 7) is 16.1. The van der Waals surface area contributed by atoms with E-state index in [0.717, 1.165) is 51.1 Å². The van der Waals surface area contributed by atoms with Crippen molar-refractivity contribution in [2.24, 2.45) is 16.5 Å². The number of benzene rings is 1. The van der Waals surface area contributed by atoms with Crippen LogP contribution in [0.1, 0.15) is 57.7 Å². The van der Waals surface area contributed by atoms with Crippen molar-refractivity contribution in [3.05, 3.63) is 77.2 Å². The second kappa shape index (κ2) is 19.7. The first-order valence-electron chi connectivity index (χ1n) is 14.5. The predicted molar refractivity (Wildman–Crippen MR) is 170 cm³/mol. The molecule has 222 valence electrons. The molecule has 8 heteroatoms. The number of hydrogen-bond donors (Lipinski definition) is 3. The van der Waals surface area contributed by atoms with Crippen LogP contribution in [0.5, 0.6) is 0 Å². The van der Waals surface area contributed by atoms with Gasteiger partial charge in [0.05, 0.1) is 18.5 Å². The Morgan fingerprint density at radius 2 is 1.93 bits per heavy atom. The Morgan fingerprint density at radius 3 is 2.55 bits per heavy atom. The number of hydrogen-bond acceptors (Lipinski definition) is 6. The number of rotatable bonds is 7. The Hall–Kier alpha value is -3.36. The largest absolute Gasteiger partial charge is 0.447 e. The maximum atomic E-state index is 11.3. The fourth-order valence-corrected chi connectivity index (χ4v) is 4.00. The standard InChI is InChI=1S/C22H30N4.C8H16N2O2.C2H6/c1-4-26(3)16-25-13-11-22(24)21-15-18(6-5-12-23)8-10-19-9-7-17(2)14-20(19)21;1-7(2)12-8(11)10-5-3-9-4-6-10;1-2/h5-7,9,11-16,22H,4,8,10,23-24H2,1-3H3;7,9H,3-6H2,1-2H3;1-2H3/b12-5-,13-11+,18-6+,25-16?;;. The van der Waals surface area contributed by atoms with Crippen LogP contribution in [0.15, 0.2) is 65.5 Å². The van der Waals surface area contributed by atoms with E-state index in [4.69, 9.17) is 16.2 Å². The van der Waals surface area contributed by atoms with Gasteiger partial charge in [0.1, 0.15) is 0 Å². The number of aliphatic imine (C=N–C) groups is 1. The van der Waals surface area contributed by atoms with Gasteiger partial charge in [0, 0.05) is 46.0 Å². The van der Waals surface area contributed by atoms with Crippen LogP contribution in [-0.2, 0) is 11.2 Å². The van der Waals surface area contributed by atoms with E-state index in [1.165, 1.54) is 22.3 Å². The minimum Gasteiger partial charge on any atom is -0.447 e. The summed E-state index contributed by atoms with van der Waals surface area (Å²) in [4.78, 5) is 19.3. The number of carbonyl (C=O) groups excluding carboxylic acids is 1. The van der Waals surface area contributed by atoms with Gasteiger partial charge in [-0.1, -0.05) is 49.8 Å². The summed E-state index contributed by atoms with van der Waals surface area (Å²) in [5, 5.41) is 3.17. The molecule has 1 aliphatic carbocycles. The van der Waals surface area contributed by atoms with Crippen LogP contribution in [-0.4, -0.2) is 74.1 Å². The lowest BCUT2D eigenvalue weighted by atomic mass is 9.93. The van der Waals surface area contributed by atoms with Gasteiger partial charge in [-0.3, -0.25) is 0 Å². The summed E-state index contributed by atoms with van der Waals surface area (Å²) in [7, 11) is 1.99. The molecule has 1 unspecified atom stereocenters. The first-order valence-corrected chi connectivity index (χ1v) is 14.5. The van der Waals surface area contributed by atoms with E-state index in [0.29, 0.717) is 0 Å². The number of nitrogens with zero attached hydrogens (tertiary/aromatic N) is 3. The van der Waals surface area contributed by atoms with E-state index in [-0.39, 0.29) is 18.2 Å². The normalized spacial score (nSPS) is 17.1. The van der Waals surface area contributed by atoms with E-state index >= 15 is 0 Å². The molecule has 1 amide bonds. The van der Waals surface area contributed by atoms with Gasteiger partial charge in [-0.05, 0) is 81.2 Å². The highest BCUT2D eigenvalue weighted by Crippen LogP contribution is 2.31. The second-order valence-electron chi connectivity index (χ2n) is 9.76. The van der Waals surface area contributed by atoms with Crippen LogP contribution < -0.4 is 16.8 Å². The molecule has 1 aromatic rings. The lowest BCUT2D eigenvalue weighted by Crippen LogP contribution is -2.47. The first kappa shape index (κ1) is 34.7. The molecule has 2 aliphatic rings. The zero-order valence-corrected chi connectivity index (χ0v) is 25.7. The third-order valence-corrected chi connectivity index (χ3v) is 6.23. The SMILES string of the molecule is CC.CC(C)OC(=O)N1CCNCC1.CCN(C)C=N/C=C/C(N)C1=C/C(=C/C=C\N)CCc2ccc(C)cc21. The molecule has 40 heavy (non-hydrogen) atoms. The number of fused-ring (bicyclic) bond motifs is 1. The molecular weight excluding hydrogens is 500 g/mol. The molecule has 1 saturated heterocycles. The Kier molecular flexibility index (Phi) is 17.0. The van der Waals surface area contributed by atoms with Crippen molar-refractivity contribution in [2.75, 3.05) is 39.8 Å². The van der Waals surface area contributed by atoms with Gasteiger partial charge in [0.2, 0.25) is 0 Å². The van der Waals surface area contributed by atoms with Crippen LogP contribution in [0.4, 0.5) is 4.79 Å². The highest BCUT2D eigenvalue weighted by atomic mass is 16.6. The topological polar surface area (TPSA) is 109 Å². The summed E-state index contributed by atoms with van der Waals surface area (Å²) in [5.41, 5.74) is 18.2. The van der Waals surface area contributed by atoms with E-state index in [2.05, 4.69) is 54.5 Å². The lowest BCUT2D eigenvalue weighted by Gasteiger charge is -2.27. The van der Waals surface area contributed by atoms with Crippen molar-refractivity contribution in [1.82, 2.24) is 15.1 Å². The number of amides is 1. The number of piperazine rings is 1. The van der Waals surface area contributed by atoms with Crippen LogP contribution in [0, 0.1) is 6.92 Å². The number of nitrogens with one attached hydrogen (secondary N) is 1. The summed E-state index contributed by atoms with van der Waals surface area (Å²) in [5.74, 6) is 0. The number of nitrogens with two attached hydrogens (primary N) is 2. The first-order chi connectivity index (χ1) is 19.2. The summed E-state index contributed by atoms with van der Waals surface area (Å²) < 4.78 is 5.05. The van der Waals surface area contributed by atoms with Crippen molar-refractivity contribution in [2.45, 2.75) is 66.5 Å². The van der Waals surface area contributed by atoms with E-state index in [9.17, 15) is 4.79 Å². The number of carbonyl (C=O) groups is 1. The van der Waals surface area contributed by atoms with Gasteiger partial charge in [-0.25, -0.2) is 9.79 Å². The summed E-state index contributed by atoms with van der Waals surface area (Å²) >= 11 is 0. The van der Waals surface area contributed by atoms with E-state index in [1.54, 1.807) is 23.6 Å². The average molecular weight is 553 g/mol. The van der Waals surface area contributed by atoms with Gasteiger partial charge in [0.25, 0.3) is 0 Å². The van der Waals surface area contributed by atoms with E-state index < -0.39 is 0 Å². The molecule has 5 N–H and O–H groups in total. The molecule has 0 spiro atoms. The molecule has 0 bridgehead atoms. The zero-order chi connectivity index (χ0) is 29.9. The van der Waals surface area contributed by atoms with Gasteiger partial charge in [0.15, 0.2) is 0 Å². The second-order valence-corrected chi connectivity index (χ2v) is 9.76. The monoisotopic (exact) mass is 552 g/mol. The molecule has 8 nitrogen and oxygen atoms in total. The van der Waals surface area contributed by atoms with Gasteiger partial charge in [-0.2, -0.15) is 0 Å². The molecule has 0 aromatic heterocycles.